The average Bonchev–Trinajstić information content (AvgIpc) is 2.80. The van der Waals surface area contributed by atoms with Crippen LogP contribution in [-0.4, -0.2) is 54.2 Å². The van der Waals surface area contributed by atoms with Crippen molar-refractivity contribution in [1.29, 1.82) is 0 Å². The van der Waals surface area contributed by atoms with Crippen LogP contribution >= 0.6 is 0 Å². The molecule has 0 spiro atoms. The Hall–Kier alpha value is -1.67. The summed E-state index contributed by atoms with van der Waals surface area (Å²) in [5.41, 5.74) is 0. The minimum absolute atomic E-state index is 0.0127. The van der Waals surface area contributed by atoms with E-state index in [0.717, 1.165) is 0 Å². The Morgan fingerprint density at radius 1 is 1.05 bits per heavy atom. The molecule has 0 bridgehead atoms. The zero-order chi connectivity index (χ0) is 15.3. The van der Waals surface area contributed by atoms with Crippen LogP contribution in [-0.2, 0) is 33.3 Å². The second kappa shape index (κ2) is 6.67. The van der Waals surface area contributed by atoms with Crippen LogP contribution in [0.2, 0.25) is 0 Å². The SMILES string of the molecule is CCOC(=O)C1(C(=O)OCC)OC(CC)C(C(=O)O)O1. The summed E-state index contributed by atoms with van der Waals surface area (Å²) in [5, 5.41) is 9.06. The minimum atomic E-state index is -2.46. The van der Waals surface area contributed by atoms with E-state index in [9.17, 15) is 14.4 Å². The predicted octanol–water partition coefficient (Wildman–Crippen LogP) is 0.0875. The van der Waals surface area contributed by atoms with E-state index in [1.54, 1.807) is 6.92 Å². The summed E-state index contributed by atoms with van der Waals surface area (Å²) in [4.78, 5) is 35.0. The van der Waals surface area contributed by atoms with E-state index in [0.29, 0.717) is 0 Å². The number of carboxylic acid groups (broad SMARTS) is 1. The van der Waals surface area contributed by atoms with Gasteiger partial charge in [0.05, 0.1) is 19.3 Å². The van der Waals surface area contributed by atoms with Gasteiger partial charge in [-0.1, -0.05) is 6.92 Å². The van der Waals surface area contributed by atoms with Crippen LogP contribution < -0.4 is 0 Å². The molecule has 0 radical (unpaired) electrons. The number of ether oxygens (including phenoxy) is 4. The number of esters is 2. The van der Waals surface area contributed by atoms with Crippen LogP contribution in [0.1, 0.15) is 27.2 Å². The first-order valence-electron chi connectivity index (χ1n) is 6.35. The minimum Gasteiger partial charge on any atom is -0.479 e. The smallest absolute Gasteiger partial charge is 0.379 e. The van der Waals surface area contributed by atoms with Crippen LogP contribution in [0.4, 0.5) is 0 Å². The first-order valence-corrected chi connectivity index (χ1v) is 6.35. The molecule has 20 heavy (non-hydrogen) atoms. The first-order chi connectivity index (χ1) is 9.42. The van der Waals surface area contributed by atoms with Gasteiger partial charge in [0.2, 0.25) is 0 Å². The van der Waals surface area contributed by atoms with E-state index in [4.69, 9.17) is 24.1 Å². The summed E-state index contributed by atoms with van der Waals surface area (Å²) in [6.45, 7) is 4.70. The quantitative estimate of drug-likeness (QED) is 0.541. The molecule has 2 atom stereocenters. The topological polar surface area (TPSA) is 108 Å². The van der Waals surface area contributed by atoms with Crippen molar-refractivity contribution >= 4 is 17.9 Å². The van der Waals surface area contributed by atoms with Gasteiger partial charge in [-0.25, -0.2) is 14.4 Å². The lowest BCUT2D eigenvalue weighted by Crippen LogP contribution is -2.51. The number of carboxylic acids is 1. The first kappa shape index (κ1) is 16.4. The van der Waals surface area contributed by atoms with E-state index < -0.39 is 35.9 Å². The fourth-order valence-electron chi connectivity index (χ4n) is 1.79. The molecule has 1 fully saturated rings. The van der Waals surface area contributed by atoms with Crippen LogP contribution in [0, 0.1) is 0 Å². The summed E-state index contributed by atoms with van der Waals surface area (Å²) in [6.07, 6.45) is -2.13. The van der Waals surface area contributed by atoms with Gasteiger partial charge in [0.25, 0.3) is 0 Å². The number of rotatable bonds is 6. The molecule has 8 nitrogen and oxygen atoms in total. The molecule has 0 aromatic carbocycles. The fourth-order valence-corrected chi connectivity index (χ4v) is 1.79. The van der Waals surface area contributed by atoms with Crippen LogP contribution in [0.25, 0.3) is 0 Å². The van der Waals surface area contributed by atoms with Gasteiger partial charge in [-0.3, -0.25) is 0 Å². The molecule has 0 saturated carbocycles. The summed E-state index contributed by atoms with van der Waals surface area (Å²) < 4.78 is 19.8. The van der Waals surface area contributed by atoms with Crippen molar-refractivity contribution in [2.24, 2.45) is 0 Å². The lowest BCUT2D eigenvalue weighted by Gasteiger charge is -2.22. The average molecular weight is 290 g/mol. The lowest BCUT2D eigenvalue weighted by molar-refractivity contribution is -0.227. The molecular weight excluding hydrogens is 272 g/mol. The van der Waals surface area contributed by atoms with Crippen molar-refractivity contribution in [2.45, 2.75) is 45.2 Å². The van der Waals surface area contributed by atoms with Crippen LogP contribution in [0.15, 0.2) is 0 Å². The van der Waals surface area contributed by atoms with Gasteiger partial charge >= 0.3 is 23.7 Å². The van der Waals surface area contributed by atoms with E-state index in [1.807, 2.05) is 0 Å². The molecule has 0 aromatic heterocycles. The van der Waals surface area contributed by atoms with Crippen molar-refractivity contribution in [1.82, 2.24) is 0 Å². The second-order valence-corrected chi connectivity index (χ2v) is 4.00. The molecule has 1 rings (SSSR count). The molecule has 8 heteroatoms. The molecule has 0 aliphatic carbocycles. The molecule has 1 heterocycles. The second-order valence-electron chi connectivity index (χ2n) is 4.00. The molecule has 0 amide bonds. The summed E-state index contributed by atoms with van der Waals surface area (Å²) in [7, 11) is 0. The maximum Gasteiger partial charge on any atom is 0.379 e. The Morgan fingerprint density at radius 3 is 1.85 bits per heavy atom. The number of carbonyl (C=O) groups excluding carboxylic acids is 2. The highest BCUT2D eigenvalue weighted by molar-refractivity contribution is 6.02. The Kier molecular flexibility index (Phi) is 5.46. The maximum absolute atomic E-state index is 11.9. The number of carbonyl (C=O) groups is 3. The molecular formula is C12H18O8. The normalized spacial score (nSPS) is 24.1. The molecule has 114 valence electrons. The van der Waals surface area contributed by atoms with Gasteiger partial charge in [-0.2, -0.15) is 0 Å². The van der Waals surface area contributed by atoms with Crippen molar-refractivity contribution in [2.75, 3.05) is 13.2 Å². The molecule has 0 aromatic rings. The highest BCUT2D eigenvalue weighted by Gasteiger charge is 2.62. The molecule has 1 saturated heterocycles. The standard InChI is InChI=1S/C12H18O8/c1-4-7-8(9(13)14)20-12(19-7,10(15)17-5-2)11(16)18-6-3/h7-8H,4-6H2,1-3H3,(H,13,14). The van der Waals surface area contributed by atoms with Crippen molar-refractivity contribution < 1.29 is 38.4 Å². The maximum atomic E-state index is 11.9. The predicted molar refractivity (Wildman–Crippen MR) is 63.7 cm³/mol. The van der Waals surface area contributed by atoms with Gasteiger partial charge < -0.3 is 24.1 Å². The Morgan fingerprint density at radius 2 is 1.55 bits per heavy atom. The van der Waals surface area contributed by atoms with Crippen molar-refractivity contribution in [3.63, 3.8) is 0 Å². The van der Waals surface area contributed by atoms with E-state index in [1.165, 1.54) is 13.8 Å². The van der Waals surface area contributed by atoms with E-state index in [2.05, 4.69) is 0 Å². The third-order valence-electron chi connectivity index (χ3n) is 2.68. The monoisotopic (exact) mass is 290 g/mol. The molecule has 2 unspecified atom stereocenters. The molecule has 1 aliphatic rings. The van der Waals surface area contributed by atoms with Gasteiger partial charge in [0.1, 0.15) is 0 Å². The van der Waals surface area contributed by atoms with Gasteiger partial charge in [0, 0.05) is 0 Å². The number of hydrogen-bond donors (Lipinski definition) is 1. The number of aliphatic carboxylic acids is 1. The van der Waals surface area contributed by atoms with Crippen molar-refractivity contribution in [3.8, 4) is 0 Å². The summed E-state index contributed by atoms with van der Waals surface area (Å²) in [6, 6.07) is 0. The lowest BCUT2D eigenvalue weighted by atomic mass is 10.1. The van der Waals surface area contributed by atoms with Crippen molar-refractivity contribution in [3.05, 3.63) is 0 Å². The molecule has 1 N–H and O–H groups in total. The molecule has 1 aliphatic heterocycles. The van der Waals surface area contributed by atoms with Crippen LogP contribution in [0.3, 0.4) is 0 Å². The summed E-state index contributed by atoms with van der Waals surface area (Å²) >= 11 is 0. The highest BCUT2D eigenvalue weighted by atomic mass is 16.8. The van der Waals surface area contributed by atoms with Gasteiger partial charge in [-0.15, -0.1) is 0 Å². The number of hydrogen-bond acceptors (Lipinski definition) is 7. The summed E-state index contributed by atoms with van der Waals surface area (Å²) in [5.74, 6) is -6.01. The zero-order valence-corrected chi connectivity index (χ0v) is 11.6. The third kappa shape index (κ3) is 2.91. The fraction of sp³-hybridized carbons (Fsp3) is 0.750. The van der Waals surface area contributed by atoms with E-state index in [-0.39, 0.29) is 19.6 Å². The Bertz CT molecular complexity index is 373. The van der Waals surface area contributed by atoms with Crippen LogP contribution in [0.5, 0.6) is 0 Å². The Balaban J connectivity index is 3.10. The Labute approximate surface area is 115 Å². The van der Waals surface area contributed by atoms with Gasteiger partial charge in [-0.05, 0) is 20.3 Å². The van der Waals surface area contributed by atoms with Gasteiger partial charge in [0.15, 0.2) is 6.10 Å². The van der Waals surface area contributed by atoms with E-state index >= 15 is 0 Å². The largest absolute Gasteiger partial charge is 0.479 e. The highest BCUT2D eigenvalue weighted by Crippen LogP contribution is 2.33. The zero-order valence-electron chi connectivity index (χ0n) is 11.6. The third-order valence-corrected chi connectivity index (χ3v) is 2.68.